The second-order valence-electron chi connectivity index (χ2n) is 1.01. The van der Waals surface area contributed by atoms with Crippen molar-refractivity contribution in [3.8, 4) is 0 Å². The standard InChI is InChI=1S/CH2O3.Al.Ca.H2O4S.H2O3Si.5H/c2-1(3)4;;;1-5(2,3)4;1-4(2)3;;;;;/h(H2,2,3,4);;;(H2,1,2,3,4);1-2H;;;;;/q;;+2;;;;;;2*-1. The van der Waals surface area contributed by atoms with E-state index in [1.54, 1.807) is 0 Å². The van der Waals surface area contributed by atoms with Crippen LogP contribution in [0, 0.1) is 0 Å². The van der Waals surface area contributed by atoms with Gasteiger partial charge in [0.05, 0.1) is 0 Å². The Kier molecular flexibility index (Phi) is 33.4. The van der Waals surface area contributed by atoms with Crippen LogP contribution < -0.4 is 0 Å². The molecule has 0 aromatic rings. The Hall–Kier alpha value is 0.549. The van der Waals surface area contributed by atoms with Gasteiger partial charge in [-0.1, -0.05) is 0 Å². The van der Waals surface area contributed by atoms with Gasteiger partial charge in [0.25, 0.3) is 0 Å². The van der Waals surface area contributed by atoms with Crippen molar-refractivity contribution in [2.45, 2.75) is 0 Å². The van der Waals surface area contributed by atoms with Gasteiger partial charge in [0.15, 0.2) is 17.4 Å². The SMILES string of the molecule is O=C(O)O.O=S(=O)(O)O.O=[Si](O)O.[AlH3].[Ca+2].[H-].[H-]. The van der Waals surface area contributed by atoms with Crippen LogP contribution in [0.15, 0.2) is 0 Å². The molecule has 0 aliphatic heterocycles. The summed E-state index contributed by atoms with van der Waals surface area (Å²) < 4.78 is 40.3. The van der Waals surface area contributed by atoms with Gasteiger partial charge in [-0.25, -0.2) is 4.79 Å². The fraction of sp³-hybridized carbons (Fsp3) is 0. The third-order valence-corrected chi connectivity index (χ3v) is 0. The third-order valence-electron chi connectivity index (χ3n) is 0. The molecule has 0 rings (SSSR count). The van der Waals surface area contributed by atoms with E-state index in [1.165, 1.54) is 0 Å². The van der Waals surface area contributed by atoms with Crippen molar-refractivity contribution in [1.29, 1.82) is 0 Å². The van der Waals surface area contributed by atoms with E-state index in [0.29, 0.717) is 0 Å². The number of carboxylic acid groups (broad SMARTS) is 2. The average Bonchev–Trinajstić information content (AvgIpc) is 1.50. The maximum atomic E-state index is 8.74. The molecule has 0 amide bonds. The van der Waals surface area contributed by atoms with E-state index in [4.69, 9.17) is 46.6 Å². The second kappa shape index (κ2) is 17.0. The minimum atomic E-state index is -4.67. The van der Waals surface area contributed by atoms with Gasteiger partial charge in [-0.2, -0.15) is 8.42 Å². The van der Waals surface area contributed by atoms with Gasteiger partial charge in [-0.3, -0.25) is 13.6 Å². The summed E-state index contributed by atoms with van der Waals surface area (Å²) >= 11 is 0. The molecule has 15 heavy (non-hydrogen) atoms. The van der Waals surface area contributed by atoms with Crippen molar-refractivity contribution >= 4 is 80.8 Å². The Morgan fingerprint density at radius 3 is 1.13 bits per heavy atom. The number of carbonyl (C=O) groups is 1. The quantitative estimate of drug-likeness (QED) is 0.194. The van der Waals surface area contributed by atoms with Crippen LogP contribution in [0.2, 0.25) is 0 Å². The third kappa shape index (κ3) is 7600. The topological polar surface area (TPSA) is 190 Å². The summed E-state index contributed by atoms with van der Waals surface area (Å²) in [6.07, 6.45) is -1.83. The molecule has 0 aromatic carbocycles. The summed E-state index contributed by atoms with van der Waals surface area (Å²) in [5.74, 6) is 0. The van der Waals surface area contributed by atoms with E-state index in [1.807, 2.05) is 0 Å². The molecule has 0 aromatic heterocycles. The molecule has 0 atom stereocenters. The van der Waals surface area contributed by atoms with E-state index in [0.717, 1.165) is 0 Å². The monoisotopic (exact) mass is 310 g/mol. The first-order valence-electron chi connectivity index (χ1n) is 2.00. The summed E-state index contributed by atoms with van der Waals surface area (Å²) in [4.78, 5) is 22.9. The summed E-state index contributed by atoms with van der Waals surface area (Å²) in [6.45, 7) is 0. The molecule has 0 radical (unpaired) electrons. The molecule has 0 bridgehead atoms. The summed E-state index contributed by atoms with van der Waals surface area (Å²) in [5, 5.41) is 13.9. The molecule has 14 heteroatoms. The molecular weight excluding hydrogens is 299 g/mol. The average molecular weight is 310 g/mol. The number of hydrogen-bond donors (Lipinski definition) is 6. The van der Waals surface area contributed by atoms with Crippen molar-refractivity contribution in [2.24, 2.45) is 0 Å². The van der Waals surface area contributed by atoms with Gasteiger partial charge in [0, 0.05) is 0 Å². The predicted octanol–water partition coefficient (Wildman–Crippen LogP) is -3.38. The number of hydrogen-bond acceptors (Lipinski definition) is 4. The van der Waals surface area contributed by atoms with Crippen LogP contribution in [0.5, 0.6) is 0 Å². The van der Waals surface area contributed by atoms with Gasteiger partial charge in [0.1, 0.15) is 0 Å². The first kappa shape index (κ1) is 29.6. The minimum absolute atomic E-state index is 0. The van der Waals surface area contributed by atoms with Crippen LogP contribution in [0.25, 0.3) is 0 Å². The molecule has 0 unspecified atom stereocenters. The zero-order valence-electron chi connectivity index (χ0n) is 8.43. The molecule has 0 spiro atoms. The Morgan fingerprint density at radius 2 is 1.13 bits per heavy atom. The van der Waals surface area contributed by atoms with Crippen LogP contribution in [0.1, 0.15) is 2.85 Å². The maximum Gasteiger partial charge on any atom is 2.00 e. The van der Waals surface area contributed by atoms with Crippen LogP contribution in [-0.2, 0) is 14.9 Å². The molecular formula is CH11AlCaO10SSi. The van der Waals surface area contributed by atoms with Crippen LogP contribution >= 0.6 is 0 Å². The molecule has 0 saturated carbocycles. The van der Waals surface area contributed by atoms with Gasteiger partial charge in [-0.05, 0) is 0 Å². The zero-order chi connectivity index (χ0) is 11.7. The normalized spacial score (nSPS) is 7.07. The first-order valence-corrected chi connectivity index (χ1v) is 4.70. The van der Waals surface area contributed by atoms with Crippen molar-refractivity contribution in [3.05, 3.63) is 0 Å². The van der Waals surface area contributed by atoms with Crippen LogP contribution in [0.4, 0.5) is 4.79 Å². The Bertz CT molecular complexity index is 229. The van der Waals surface area contributed by atoms with Gasteiger partial charge in [0.2, 0.25) is 0 Å². The summed E-state index contributed by atoms with van der Waals surface area (Å²) in [6, 6.07) is 0. The fourth-order valence-corrected chi connectivity index (χ4v) is 0. The molecule has 10 nitrogen and oxygen atoms in total. The predicted molar refractivity (Wildman–Crippen MR) is 53.6 cm³/mol. The zero-order valence-corrected chi connectivity index (χ0v) is 10.5. The Balaban J connectivity index is -0.0000000159. The van der Waals surface area contributed by atoms with Crippen molar-refractivity contribution in [3.63, 3.8) is 0 Å². The summed E-state index contributed by atoms with van der Waals surface area (Å²) in [5.41, 5.74) is 0. The van der Waals surface area contributed by atoms with Crippen LogP contribution in [0.3, 0.4) is 0 Å². The van der Waals surface area contributed by atoms with E-state index in [-0.39, 0.29) is 58.0 Å². The van der Waals surface area contributed by atoms with E-state index in [2.05, 4.69) is 0 Å². The molecule has 6 N–H and O–H groups in total. The van der Waals surface area contributed by atoms with E-state index >= 15 is 0 Å². The largest absolute Gasteiger partial charge is 2.00 e. The summed E-state index contributed by atoms with van der Waals surface area (Å²) in [7, 11) is -7.80. The molecule has 0 saturated heterocycles. The molecule has 0 aliphatic carbocycles. The first-order chi connectivity index (χ1) is 5.46. The fourth-order valence-electron chi connectivity index (χ4n) is 0. The van der Waals surface area contributed by atoms with Crippen molar-refractivity contribution in [1.82, 2.24) is 0 Å². The minimum Gasteiger partial charge on any atom is -1.00 e. The smallest absolute Gasteiger partial charge is 1.00 e. The number of rotatable bonds is 0. The second-order valence-corrected chi connectivity index (χ2v) is 2.47. The molecule has 0 heterocycles. The molecule has 0 aliphatic rings. The van der Waals surface area contributed by atoms with Gasteiger partial charge < -0.3 is 22.7 Å². The Labute approximate surface area is 129 Å². The Morgan fingerprint density at radius 1 is 1.13 bits per heavy atom. The molecule has 0 fully saturated rings. The van der Waals surface area contributed by atoms with E-state index < -0.39 is 25.7 Å². The molecule has 90 valence electrons. The van der Waals surface area contributed by atoms with Crippen molar-refractivity contribution in [2.75, 3.05) is 0 Å². The van der Waals surface area contributed by atoms with Gasteiger partial charge in [-0.15, -0.1) is 0 Å². The van der Waals surface area contributed by atoms with Gasteiger partial charge >= 0.3 is 63.5 Å². The van der Waals surface area contributed by atoms with Crippen molar-refractivity contribution < 1.29 is 49.4 Å². The maximum absolute atomic E-state index is 8.74. The van der Waals surface area contributed by atoms with E-state index in [9.17, 15) is 0 Å². The van der Waals surface area contributed by atoms with Crippen LogP contribution in [-0.4, -0.2) is 108 Å².